The summed E-state index contributed by atoms with van der Waals surface area (Å²) in [5, 5.41) is 8.40. The average Bonchev–Trinajstić information content (AvgIpc) is 3.02. The summed E-state index contributed by atoms with van der Waals surface area (Å²) < 4.78 is 39.0. The molecule has 0 unspecified atom stereocenters. The second-order valence-electron chi connectivity index (χ2n) is 6.63. The maximum atomic E-state index is 12.3. The lowest BCUT2D eigenvalue weighted by Crippen LogP contribution is -2.41. The van der Waals surface area contributed by atoms with Crippen LogP contribution in [-0.2, 0) is 24.2 Å². The van der Waals surface area contributed by atoms with Crippen molar-refractivity contribution in [2.24, 2.45) is 0 Å². The van der Waals surface area contributed by atoms with Gasteiger partial charge >= 0.3 is 6.18 Å². The molecule has 1 atom stereocenters. The smallest absolute Gasteiger partial charge is 0.333 e. The zero-order valence-electron chi connectivity index (χ0n) is 14.5. The summed E-state index contributed by atoms with van der Waals surface area (Å²) >= 11 is 0. The van der Waals surface area contributed by atoms with Gasteiger partial charge in [0, 0.05) is 19.4 Å². The minimum Gasteiger partial charge on any atom is -0.333 e. The van der Waals surface area contributed by atoms with Gasteiger partial charge in [0.1, 0.15) is 5.82 Å². The number of aryl methyl sites for hydroxylation is 2. The van der Waals surface area contributed by atoms with E-state index in [0.717, 1.165) is 18.7 Å². The minimum atomic E-state index is -4.32. The van der Waals surface area contributed by atoms with E-state index >= 15 is 0 Å². The quantitative estimate of drug-likeness (QED) is 0.816. The predicted molar refractivity (Wildman–Crippen MR) is 89.3 cm³/mol. The highest BCUT2D eigenvalue weighted by molar-refractivity contribution is 5.76. The van der Waals surface area contributed by atoms with Crippen LogP contribution in [0.1, 0.15) is 43.0 Å². The van der Waals surface area contributed by atoms with Crippen molar-refractivity contribution in [3.05, 3.63) is 47.5 Å². The first-order valence-electron chi connectivity index (χ1n) is 8.64. The van der Waals surface area contributed by atoms with Crippen molar-refractivity contribution in [2.45, 2.75) is 51.4 Å². The summed E-state index contributed by atoms with van der Waals surface area (Å²) in [5.74, 6) is 0.986. The third-order valence-electron chi connectivity index (χ3n) is 4.55. The molecule has 0 saturated heterocycles. The van der Waals surface area contributed by atoms with Gasteiger partial charge in [-0.1, -0.05) is 30.3 Å². The van der Waals surface area contributed by atoms with E-state index in [9.17, 15) is 18.0 Å². The monoisotopic (exact) mass is 366 g/mol. The first kappa shape index (κ1) is 18.4. The molecule has 2 heterocycles. The van der Waals surface area contributed by atoms with Crippen molar-refractivity contribution in [3.63, 3.8) is 0 Å². The molecule has 1 amide bonds. The van der Waals surface area contributed by atoms with Crippen molar-refractivity contribution < 1.29 is 18.0 Å². The van der Waals surface area contributed by atoms with Crippen LogP contribution < -0.4 is 0 Å². The van der Waals surface area contributed by atoms with E-state index in [0.29, 0.717) is 12.4 Å². The summed E-state index contributed by atoms with van der Waals surface area (Å²) in [4.78, 5) is 13.5. The van der Waals surface area contributed by atoms with Gasteiger partial charge in [0.2, 0.25) is 5.91 Å². The number of carbonyl (C=O) groups excluding carboxylic acids is 1. The van der Waals surface area contributed by atoms with Crippen LogP contribution in [0.2, 0.25) is 0 Å². The van der Waals surface area contributed by atoms with E-state index in [1.807, 2.05) is 29.7 Å². The zero-order chi connectivity index (χ0) is 18.7. The molecular weight excluding hydrogens is 345 g/mol. The molecule has 0 spiro atoms. The number of fused-ring (bicyclic) bond motifs is 1. The minimum absolute atomic E-state index is 0.0608. The van der Waals surface area contributed by atoms with Crippen LogP contribution in [0.4, 0.5) is 13.2 Å². The number of hydrogen-bond donors (Lipinski definition) is 0. The Labute approximate surface area is 149 Å². The molecule has 140 valence electrons. The summed E-state index contributed by atoms with van der Waals surface area (Å²) in [6.45, 7) is 2.52. The number of halogens is 3. The molecule has 1 aliphatic rings. The second-order valence-corrected chi connectivity index (χ2v) is 6.63. The number of carbonyl (C=O) groups is 1. The molecule has 0 aliphatic carbocycles. The Morgan fingerprint density at radius 2 is 1.92 bits per heavy atom. The van der Waals surface area contributed by atoms with Gasteiger partial charge in [0.05, 0.1) is 19.0 Å². The SMILES string of the molecule is C[C@H]1CN(C(=O)CCC(F)(F)F)Cc2nnc(CCc3ccccc3)n21. The van der Waals surface area contributed by atoms with Crippen molar-refractivity contribution >= 4 is 5.91 Å². The number of aromatic nitrogens is 3. The van der Waals surface area contributed by atoms with Crippen molar-refractivity contribution in [1.82, 2.24) is 19.7 Å². The lowest BCUT2D eigenvalue weighted by Gasteiger charge is -2.32. The number of rotatable bonds is 5. The van der Waals surface area contributed by atoms with Crippen molar-refractivity contribution in [3.8, 4) is 0 Å². The standard InChI is InChI=1S/C18H21F3N4O/c1-13-11-24(17(26)9-10-18(19,20)21)12-16-23-22-15(25(13)16)8-7-14-5-3-2-4-6-14/h2-6,13H,7-12H2,1H3/t13-/m0/s1. The highest BCUT2D eigenvalue weighted by atomic mass is 19.4. The van der Waals surface area contributed by atoms with Gasteiger partial charge in [0.25, 0.3) is 0 Å². The molecule has 0 saturated carbocycles. The Bertz CT molecular complexity index is 758. The molecule has 0 radical (unpaired) electrons. The molecule has 0 N–H and O–H groups in total. The Morgan fingerprint density at radius 3 is 2.62 bits per heavy atom. The summed E-state index contributed by atoms with van der Waals surface area (Å²) in [6.07, 6.45) is -4.37. The van der Waals surface area contributed by atoms with Crippen LogP contribution >= 0.6 is 0 Å². The molecule has 5 nitrogen and oxygen atoms in total. The zero-order valence-corrected chi connectivity index (χ0v) is 14.5. The van der Waals surface area contributed by atoms with Crippen molar-refractivity contribution in [2.75, 3.05) is 6.54 Å². The summed E-state index contributed by atoms with van der Waals surface area (Å²) in [6, 6.07) is 9.99. The van der Waals surface area contributed by atoms with Gasteiger partial charge in [-0.3, -0.25) is 4.79 Å². The maximum Gasteiger partial charge on any atom is 0.389 e. The van der Waals surface area contributed by atoms with Crippen LogP contribution in [-0.4, -0.2) is 38.3 Å². The second kappa shape index (κ2) is 7.47. The van der Waals surface area contributed by atoms with Gasteiger partial charge < -0.3 is 9.47 Å². The van der Waals surface area contributed by atoms with E-state index < -0.39 is 24.9 Å². The predicted octanol–water partition coefficient (Wildman–Crippen LogP) is 3.31. The van der Waals surface area contributed by atoms with Crippen LogP contribution in [0.15, 0.2) is 30.3 Å². The summed E-state index contributed by atoms with van der Waals surface area (Å²) in [5.41, 5.74) is 1.21. The van der Waals surface area contributed by atoms with E-state index in [-0.39, 0.29) is 12.6 Å². The van der Waals surface area contributed by atoms with Gasteiger partial charge in [-0.25, -0.2) is 0 Å². The Hall–Kier alpha value is -2.38. The number of nitrogens with zero attached hydrogens (tertiary/aromatic N) is 4. The molecule has 0 fully saturated rings. The third-order valence-corrected chi connectivity index (χ3v) is 4.55. The van der Waals surface area contributed by atoms with Gasteiger partial charge in [-0.05, 0) is 18.9 Å². The topological polar surface area (TPSA) is 51.0 Å². The molecule has 8 heteroatoms. The fraction of sp³-hybridized carbons (Fsp3) is 0.500. The third kappa shape index (κ3) is 4.42. The van der Waals surface area contributed by atoms with Gasteiger partial charge in [-0.15, -0.1) is 10.2 Å². The average molecular weight is 366 g/mol. The van der Waals surface area contributed by atoms with Gasteiger partial charge in [0.15, 0.2) is 5.82 Å². The normalized spacial score (nSPS) is 17.2. The van der Waals surface area contributed by atoms with Crippen LogP contribution in [0.25, 0.3) is 0 Å². The summed E-state index contributed by atoms with van der Waals surface area (Å²) in [7, 11) is 0. The number of amides is 1. The van der Waals surface area contributed by atoms with Crippen LogP contribution in [0, 0.1) is 0 Å². The molecule has 2 aromatic rings. The van der Waals surface area contributed by atoms with E-state index in [1.165, 1.54) is 10.5 Å². The highest BCUT2D eigenvalue weighted by Gasteiger charge is 2.32. The lowest BCUT2D eigenvalue weighted by molar-refractivity contribution is -0.150. The largest absolute Gasteiger partial charge is 0.389 e. The maximum absolute atomic E-state index is 12.3. The number of hydrogen-bond acceptors (Lipinski definition) is 3. The Balaban J connectivity index is 1.64. The van der Waals surface area contributed by atoms with E-state index in [1.54, 1.807) is 0 Å². The fourth-order valence-electron chi connectivity index (χ4n) is 3.28. The first-order valence-corrected chi connectivity index (χ1v) is 8.64. The van der Waals surface area contributed by atoms with Gasteiger partial charge in [-0.2, -0.15) is 13.2 Å². The Kier molecular flexibility index (Phi) is 5.29. The number of alkyl halides is 3. The van der Waals surface area contributed by atoms with E-state index in [4.69, 9.17) is 0 Å². The molecular formula is C18H21F3N4O. The Morgan fingerprint density at radius 1 is 1.19 bits per heavy atom. The highest BCUT2D eigenvalue weighted by Crippen LogP contribution is 2.25. The van der Waals surface area contributed by atoms with Crippen molar-refractivity contribution in [1.29, 1.82) is 0 Å². The van der Waals surface area contributed by atoms with Crippen LogP contribution in [0.3, 0.4) is 0 Å². The van der Waals surface area contributed by atoms with Crippen LogP contribution in [0.5, 0.6) is 0 Å². The molecule has 1 aromatic heterocycles. The molecule has 26 heavy (non-hydrogen) atoms. The fourth-order valence-corrected chi connectivity index (χ4v) is 3.28. The lowest BCUT2D eigenvalue weighted by atomic mass is 10.1. The number of benzene rings is 1. The first-order chi connectivity index (χ1) is 12.3. The molecule has 1 aromatic carbocycles. The molecule has 1 aliphatic heterocycles. The van der Waals surface area contributed by atoms with E-state index in [2.05, 4.69) is 22.3 Å². The molecule has 3 rings (SSSR count). The molecule has 0 bridgehead atoms.